The molecule has 0 fully saturated rings. The zero-order chi connectivity index (χ0) is 21.2. The quantitative estimate of drug-likeness (QED) is 0.619. The molecule has 4 rings (SSSR count). The van der Waals surface area contributed by atoms with Gasteiger partial charge in [0, 0.05) is 11.1 Å². The van der Waals surface area contributed by atoms with Crippen LogP contribution in [0.4, 0.5) is 0 Å². The fourth-order valence-corrected chi connectivity index (χ4v) is 7.06. The fraction of sp³-hybridized carbons (Fsp3) is 0.0500. The van der Waals surface area contributed by atoms with E-state index in [-0.39, 0.29) is 21.6 Å². The van der Waals surface area contributed by atoms with Crippen LogP contribution < -0.4 is 0 Å². The van der Waals surface area contributed by atoms with Gasteiger partial charge in [-0.25, -0.2) is 12.6 Å². The van der Waals surface area contributed by atoms with E-state index in [2.05, 4.69) is 0 Å². The summed E-state index contributed by atoms with van der Waals surface area (Å²) in [5.41, 5.74) is 0.132. The molecule has 0 unspecified atom stereocenters. The van der Waals surface area contributed by atoms with Gasteiger partial charge < -0.3 is 14.2 Å². The molecular weight excluding hydrogens is 416 g/mol. The Morgan fingerprint density at radius 2 is 1.59 bits per heavy atom. The van der Waals surface area contributed by atoms with E-state index in [4.69, 9.17) is 0 Å². The highest BCUT2D eigenvalue weighted by Crippen LogP contribution is 2.47. The second kappa shape index (κ2) is 5.83. The van der Waals surface area contributed by atoms with Crippen LogP contribution in [0.5, 0.6) is 0 Å². The normalized spacial score (nSPS) is 24.1. The molecule has 29 heavy (non-hydrogen) atoms. The molecule has 0 bridgehead atoms. The number of aliphatic hydroxyl groups excluding tert-OH is 1. The first-order valence-electron chi connectivity index (χ1n) is 8.42. The Morgan fingerprint density at radius 3 is 2.21 bits per heavy atom. The molecule has 3 N–H and O–H groups in total. The lowest BCUT2D eigenvalue weighted by molar-refractivity contribution is 0.104. The summed E-state index contributed by atoms with van der Waals surface area (Å²) in [5.74, 6) is -1.28. The maximum atomic E-state index is 12.9. The second-order valence-corrected chi connectivity index (χ2v) is 11.3. The third-order valence-corrected chi connectivity index (χ3v) is 8.89. The van der Waals surface area contributed by atoms with Gasteiger partial charge in [0.1, 0.15) is 25.2 Å². The topological polar surface area (TPSA) is 129 Å². The van der Waals surface area contributed by atoms with Gasteiger partial charge in [-0.1, -0.05) is 24.3 Å². The van der Waals surface area contributed by atoms with Crippen molar-refractivity contribution in [1.82, 2.24) is 0 Å². The molecule has 0 aliphatic carbocycles. The van der Waals surface area contributed by atoms with Crippen LogP contribution in [0.25, 0.3) is 5.76 Å². The number of fused-ring (bicyclic) bond motifs is 2. The zero-order valence-corrected chi connectivity index (χ0v) is 16.7. The zero-order valence-electron chi connectivity index (χ0n) is 15.1. The second-order valence-electron chi connectivity index (χ2n) is 6.80. The SMILES string of the molecule is CC(=CC1=C(O)c2ccccc2S1(=O)=O)C=C1C(=O)c2ccccc2S1(=O)(O)O. The van der Waals surface area contributed by atoms with Gasteiger partial charge in [-0.05, 0) is 48.9 Å². The standard InChI is InChI=1S/C20H16O7S2/c1-12(10-16-19(21)13-6-2-4-8-15(13)28(16,23)24)11-18-20(22)14-7-3-5-9-17(14)29(18,25,26)27/h2-11,21H,1H3,(H2,25,26,27). The molecule has 150 valence electrons. The molecule has 2 aromatic rings. The minimum Gasteiger partial charge on any atom is -0.506 e. The van der Waals surface area contributed by atoms with Crippen LogP contribution in [-0.4, -0.2) is 32.6 Å². The number of carbonyl (C=O) groups excluding carboxylic acids is 1. The molecule has 0 spiro atoms. The number of rotatable bonds is 2. The largest absolute Gasteiger partial charge is 0.506 e. The van der Waals surface area contributed by atoms with E-state index >= 15 is 0 Å². The van der Waals surface area contributed by atoms with Gasteiger partial charge in [0.2, 0.25) is 15.6 Å². The summed E-state index contributed by atoms with van der Waals surface area (Å²) in [5, 5.41) is 10.3. The van der Waals surface area contributed by atoms with E-state index in [0.29, 0.717) is 0 Å². The Labute approximate surface area is 166 Å². The molecule has 7 nitrogen and oxygen atoms in total. The predicted molar refractivity (Wildman–Crippen MR) is 107 cm³/mol. The van der Waals surface area contributed by atoms with Gasteiger partial charge in [0.15, 0.2) is 0 Å². The van der Waals surface area contributed by atoms with Crippen LogP contribution >= 0.6 is 0 Å². The Balaban J connectivity index is 1.86. The molecule has 0 atom stereocenters. The number of hydrogen-bond donors (Lipinski definition) is 3. The van der Waals surface area contributed by atoms with Crippen LogP contribution in [0.3, 0.4) is 0 Å². The molecule has 0 amide bonds. The van der Waals surface area contributed by atoms with Crippen molar-refractivity contribution in [3.8, 4) is 0 Å². The lowest BCUT2D eigenvalue weighted by Gasteiger charge is -2.27. The molecule has 0 radical (unpaired) electrons. The monoisotopic (exact) mass is 432 g/mol. The molecule has 9 heteroatoms. The van der Waals surface area contributed by atoms with Crippen molar-refractivity contribution in [1.29, 1.82) is 0 Å². The van der Waals surface area contributed by atoms with Gasteiger partial charge in [0.05, 0.1) is 9.79 Å². The maximum absolute atomic E-state index is 12.9. The molecule has 0 aromatic heterocycles. The van der Waals surface area contributed by atoms with Gasteiger partial charge in [0.25, 0.3) is 0 Å². The number of ketones is 1. The van der Waals surface area contributed by atoms with Crippen molar-refractivity contribution in [2.24, 2.45) is 0 Å². The summed E-state index contributed by atoms with van der Waals surface area (Å²) in [7, 11) is -9.59. The van der Waals surface area contributed by atoms with Crippen molar-refractivity contribution in [2.45, 2.75) is 16.7 Å². The lowest BCUT2D eigenvalue weighted by Crippen LogP contribution is -2.31. The van der Waals surface area contributed by atoms with Crippen molar-refractivity contribution in [3.63, 3.8) is 0 Å². The molecule has 0 saturated carbocycles. The summed E-state index contributed by atoms with van der Waals surface area (Å²) in [6.45, 7) is 1.39. The average molecular weight is 432 g/mol. The summed E-state index contributed by atoms with van der Waals surface area (Å²) >= 11 is 0. The fourth-order valence-electron chi connectivity index (χ4n) is 3.44. The lowest BCUT2D eigenvalue weighted by atomic mass is 10.1. The van der Waals surface area contributed by atoms with Gasteiger partial charge in [-0.15, -0.1) is 0 Å². The molecule has 2 aliphatic rings. The highest BCUT2D eigenvalue weighted by molar-refractivity contribution is 8.15. The summed E-state index contributed by atoms with van der Waals surface area (Å²) in [4.78, 5) is 11.0. The first-order chi connectivity index (χ1) is 13.4. The first kappa shape index (κ1) is 19.5. The molecule has 2 aromatic carbocycles. The first-order valence-corrected chi connectivity index (χ1v) is 11.8. The number of Topliss-reactive ketones (excluding diaryl/α,β-unsaturated/α-hetero) is 1. The number of aliphatic hydroxyl groups is 1. The van der Waals surface area contributed by atoms with Crippen molar-refractivity contribution >= 4 is 31.0 Å². The predicted octanol–water partition coefficient (Wildman–Crippen LogP) is 3.55. The van der Waals surface area contributed by atoms with Crippen molar-refractivity contribution < 1.29 is 31.6 Å². The molecule has 0 saturated heterocycles. The van der Waals surface area contributed by atoms with Crippen molar-refractivity contribution in [3.05, 3.63) is 87.2 Å². The summed E-state index contributed by atoms with van der Waals surface area (Å²) < 4.78 is 59.2. The minimum atomic E-state index is -5.60. The number of allylic oxidation sites excluding steroid dienone is 4. The van der Waals surface area contributed by atoms with E-state index in [1.54, 1.807) is 6.07 Å². The van der Waals surface area contributed by atoms with Gasteiger partial charge in [-0.2, -0.15) is 0 Å². The third kappa shape index (κ3) is 2.66. The molecular formula is C20H16O7S2. The summed E-state index contributed by atoms with van der Waals surface area (Å²) in [6, 6.07) is 11.3. The molecule has 2 aliphatic heterocycles. The highest BCUT2D eigenvalue weighted by Gasteiger charge is 2.50. The van der Waals surface area contributed by atoms with Crippen LogP contribution in [0.15, 0.2) is 85.9 Å². The number of hydrogen-bond acceptors (Lipinski definition) is 5. The number of benzene rings is 2. The van der Waals surface area contributed by atoms with E-state index in [9.17, 15) is 31.6 Å². The third-order valence-electron chi connectivity index (χ3n) is 4.82. The van der Waals surface area contributed by atoms with Crippen LogP contribution in [0.2, 0.25) is 0 Å². The van der Waals surface area contributed by atoms with E-state index < -0.39 is 45.7 Å². The number of carbonyl (C=O) groups is 1. The Hall–Kier alpha value is -2.85. The average Bonchev–Trinajstić information content (AvgIpc) is 2.95. The van der Waals surface area contributed by atoms with E-state index in [1.165, 1.54) is 49.4 Å². The molecule has 2 heterocycles. The van der Waals surface area contributed by atoms with Crippen molar-refractivity contribution in [2.75, 3.05) is 0 Å². The van der Waals surface area contributed by atoms with Gasteiger partial charge in [-0.3, -0.25) is 4.79 Å². The van der Waals surface area contributed by atoms with Gasteiger partial charge >= 0.3 is 0 Å². The highest BCUT2D eigenvalue weighted by atomic mass is 32.3. The van der Waals surface area contributed by atoms with E-state index in [0.717, 1.165) is 12.2 Å². The smallest absolute Gasteiger partial charge is 0.211 e. The summed E-state index contributed by atoms with van der Waals surface area (Å²) in [6.07, 6.45) is 2.06. The Bertz CT molecular complexity index is 1370. The minimum absolute atomic E-state index is 0.0557. The van der Waals surface area contributed by atoms with Crippen LogP contribution in [-0.2, 0) is 19.5 Å². The Kier molecular flexibility index (Phi) is 3.91. The van der Waals surface area contributed by atoms with E-state index in [1.807, 2.05) is 0 Å². The van der Waals surface area contributed by atoms with Crippen LogP contribution in [0, 0.1) is 0 Å². The number of sulfone groups is 1. The Morgan fingerprint density at radius 1 is 1.00 bits per heavy atom. The van der Waals surface area contributed by atoms with Crippen LogP contribution in [0.1, 0.15) is 22.8 Å². The maximum Gasteiger partial charge on any atom is 0.211 e.